The number of hydrogen-bond acceptors (Lipinski definition) is 3. The standard InChI is InChI=1S/C12H17NO2/c1-3-12(14)15-11-6-4-10(5-7-11)8-9-13-2/h4-7,13H,3,8-9H2,1-2H3. The molecular weight excluding hydrogens is 190 g/mol. The molecule has 0 fully saturated rings. The van der Waals surface area contributed by atoms with Crippen molar-refractivity contribution in [2.75, 3.05) is 13.6 Å². The molecular formula is C12H17NO2. The summed E-state index contributed by atoms with van der Waals surface area (Å²) in [5, 5.41) is 3.09. The Balaban J connectivity index is 2.52. The molecule has 3 heteroatoms. The Kier molecular flexibility index (Phi) is 4.84. The summed E-state index contributed by atoms with van der Waals surface area (Å²) in [5.41, 5.74) is 1.24. The van der Waals surface area contributed by atoms with Gasteiger partial charge in [0.15, 0.2) is 0 Å². The van der Waals surface area contributed by atoms with E-state index in [2.05, 4.69) is 5.32 Å². The van der Waals surface area contributed by atoms with Crippen molar-refractivity contribution in [2.45, 2.75) is 19.8 Å². The average Bonchev–Trinajstić information content (AvgIpc) is 2.28. The van der Waals surface area contributed by atoms with Gasteiger partial charge in [-0.05, 0) is 37.7 Å². The number of hydrogen-bond donors (Lipinski definition) is 1. The monoisotopic (exact) mass is 207 g/mol. The van der Waals surface area contributed by atoms with E-state index in [1.807, 2.05) is 31.3 Å². The fraction of sp³-hybridized carbons (Fsp3) is 0.417. The Bertz CT molecular complexity index is 306. The van der Waals surface area contributed by atoms with Crippen molar-refractivity contribution in [3.8, 4) is 5.75 Å². The molecule has 0 bridgehead atoms. The first-order valence-corrected chi connectivity index (χ1v) is 5.20. The molecule has 82 valence electrons. The minimum absolute atomic E-state index is 0.196. The van der Waals surface area contributed by atoms with Crippen LogP contribution in [0.4, 0.5) is 0 Å². The molecule has 0 radical (unpaired) electrons. The Labute approximate surface area is 90.4 Å². The zero-order valence-corrected chi connectivity index (χ0v) is 9.25. The molecule has 0 heterocycles. The number of esters is 1. The fourth-order valence-corrected chi connectivity index (χ4v) is 1.20. The Morgan fingerprint density at radius 2 is 2.00 bits per heavy atom. The Morgan fingerprint density at radius 3 is 2.53 bits per heavy atom. The summed E-state index contributed by atoms with van der Waals surface area (Å²) in [5.74, 6) is 0.424. The minimum atomic E-state index is -0.196. The van der Waals surface area contributed by atoms with E-state index in [9.17, 15) is 4.79 Å². The molecule has 1 N–H and O–H groups in total. The predicted molar refractivity (Wildman–Crippen MR) is 60.0 cm³/mol. The van der Waals surface area contributed by atoms with Crippen LogP contribution in [0.5, 0.6) is 5.75 Å². The van der Waals surface area contributed by atoms with Crippen LogP contribution < -0.4 is 10.1 Å². The Hall–Kier alpha value is -1.35. The van der Waals surface area contributed by atoms with Crippen LogP contribution in [0.25, 0.3) is 0 Å². The van der Waals surface area contributed by atoms with Crippen molar-refractivity contribution in [2.24, 2.45) is 0 Å². The maximum absolute atomic E-state index is 11.0. The molecule has 1 rings (SSSR count). The number of likely N-dealkylation sites (N-methyl/N-ethyl adjacent to an activating group) is 1. The summed E-state index contributed by atoms with van der Waals surface area (Å²) in [7, 11) is 1.93. The molecule has 0 aliphatic heterocycles. The highest BCUT2D eigenvalue weighted by atomic mass is 16.5. The van der Waals surface area contributed by atoms with Crippen molar-refractivity contribution in [1.29, 1.82) is 0 Å². The molecule has 0 saturated carbocycles. The maximum Gasteiger partial charge on any atom is 0.310 e. The van der Waals surface area contributed by atoms with E-state index in [1.165, 1.54) is 5.56 Å². The summed E-state index contributed by atoms with van der Waals surface area (Å²) < 4.78 is 5.07. The molecule has 0 saturated heterocycles. The molecule has 0 amide bonds. The van der Waals surface area contributed by atoms with Gasteiger partial charge in [0.25, 0.3) is 0 Å². The van der Waals surface area contributed by atoms with Crippen LogP contribution in [-0.2, 0) is 11.2 Å². The van der Waals surface area contributed by atoms with Crippen LogP contribution in [0, 0.1) is 0 Å². The van der Waals surface area contributed by atoms with Gasteiger partial charge >= 0.3 is 5.97 Å². The second kappa shape index (κ2) is 6.19. The van der Waals surface area contributed by atoms with Crippen LogP contribution >= 0.6 is 0 Å². The van der Waals surface area contributed by atoms with Gasteiger partial charge < -0.3 is 10.1 Å². The summed E-state index contributed by atoms with van der Waals surface area (Å²) >= 11 is 0. The van der Waals surface area contributed by atoms with Gasteiger partial charge in [0.05, 0.1) is 0 Å². The summed E-state index contributed by atoms with van der Waals surface area (Å²) in [6.07, 6.45) is 1.39. The third-order valence-electron chi connectivity index (χ3n) is 2.11. The van der Waals surface area contributed by atoms with Crippen LogP contribution in [0.2, 0.25) is 0 Å². The van der Waals surface area contributed by atoms with Crippen molar-refractivity contribution in [1.82, 2.24) is 5.32 Å². The van der Waals surface area contributed by atoms with Crippen LogP contribution in [0.15, 0.2) is 24.3 Å². The van der Waals surface area contributed by atoms with Gasteiger partial charge in [-0.3, -0.25) is 4.79 Å². The SMILES string of the molecule is CCC(=O)Oc1ccc(CCNC)cc1. The van der Waals surface area contributed by atoms with Crippen LogP contribution in [0.1, 0.15) is 18.9 Å². The number of carbonyl (C=O) groups is 1. The molecule has 1 aromatic rings. The second-order valence-electron chi connectivity index (χ2n) is 3.33. The molecule has 15 heavy (non-hydrogen) atoms. The lowest BCUT2D eigenvalue weighted by Crippen LogP contribution is -2.10. The predicted octanol–water partition coefficient (Wildman–Crippen LogP) is 1.76. The maximum atomic E-state index is 11.0. The lowest BCUT2D eigenvalue weighted by Gasteiger charge is -2.04. The molecule has 0 aliphatic rings. The summed E-state index contributed by atoms with van der Waals surface area (Å²) in [4.78, 5) is 11.0. The number of benzene rings is 1. The summed E-state index contributed by atoms with van der Waals surface area (Å²) in [6, 6.07) is 7.63. The lowest BCUT2D eigenvalue weighted by molar-refractivity contribution is -0.134. The van der Waals surface area contributed by atoms with E-state index in [0.29, 0.717) is 12.2 Å². The van der Waals surface area contributed by atoms with E-state index in [4.69, 9.17) is 4.74 Å². The molecule has 3 nitrogen and oxygen atoms in total. The molecule has 0 aromatic heterocycles. The van der Waals surface area contributed by atoms with Gasteiger partial charge in [-0.2, -0.15) is 0 Å². The Morgan fingerprint density at radius 1 is 1.33 bits per heavy atom. The van der Waals surface area contributed by atoms with E-state index >= 15 is 0 Å². The first-order chi connectivity index (χ1) is 7.26. The quantitative estimate of drug-likeness (QED) is 0.590. The number of carbonyl (C=O) groups excluding carboxylic acids is 1. The molecule has 1 aromatic carbocycles. The summed E-state index contributed by atoms with van der Waals surface area (Å²) in [6.45, 7) is 2.73. The normalized spacial score (nSPS) is 10.0. The van der Waals surface area contributed by atoms with Crippen molar-refractivity contribution in [3.05, 3.63) is 29.8 Å². The smallest absolute Gasteiger partial charge is 0.310 e. The lowest BCUT2D eigenvalue weighted by atomic mass is 10.1. The van der Waals surface area contributed by atoms with Gasteiger partial charge in [-0.15, -0.1) is 0 Å². The highest BCUT2D eigenvalue weighted by Crippen LogP contribution is 2.12. The first-order valence-electron chi connectivity index (χ1n) is 5.20. The molecule has 0 aliphatic carbocycles. The zero-order chi connectivity index (χ0) is 11.1. The minimum Gasteiger partial charge on any atom is -0.427 e. The van der Waals surface area contributed by atoms with Gasteiger partial charge in [-0.1, -0.05) is 19.1 Å². The van der Waals surface area contributed by atoms with Gasteiger partial charge in [0, 0.05) is 6.42 Å². The van der Waals surface area contributed by atoms with Crippen molar-refractivity contribution in [3.63, 3.8) is 0 Å². The highest BCUT2D eigenvalue weighted by Gasteiger charge is 2.00. The van der Waals surface area contributed by atoms with E-state index in [1.54, 1.807) is 6.92 Å². The van der Waals surface area contributed by atoms with Crippen molar-refractivity contribution < 1.29 is 9.53 Å². The van der Waals surface area contributed by atoms with E-state index in [0.717, 1.165) is 13.0 Å². The van der Waals surface area contributed by atoms with Crippen molar-refractivity contribution >= 4 is 5.97 Å². The molecule has 0 unspecified atom stereocenters. The molecule has 0 atom stereocenters. The van der Waals surface area contributed by atoms with E-state index in [-0.39, 0.29) is 5.97 Å². The van der Waals surface area contributed by atoms with Gasteiger partial charge in [-0.25, -0.2) is 0 Å². The largest absolute Gasteiger partial charge is 0.427 e. The average molecular weight is 207 g/mol. The third kappa shape index (κ3) is 4.13. The molecule has 0 spiro atoms. The second-order valence-corrected chi connectivity index (χ2v) is 3.33. The first kappa shape index (κ1) is 11.7. The topological polar surface area (TPSA) is 38.3 Å². The van der Waals surface area contributed by atoms with Gasteiger partial charge in [0.2, 0.25) is 0 Å². The zero-order valence-electron chi connectivity index (χ0n) is 9.25. The van der Waals surface area contributed by atoms with Gasteiger partial charge in [0.1, 0.15) is 5.75 Å². The van der Waals surface area contributed by atoms with Crippen LogP contribution in [-0.4, -0.2) is 19.6 Å². The van der Waals surface area contributed by atoms with E-state index < -0.39 is 0 Å². The third-order valence-corrected chi connectivity index (χ3v) is 2.11. The highest BCUT2D eigenvalue weighted by molar-refractivity contribution is 5.71. The number of nitrogens with one attached hydrogen (secondary N) is 1. The number of rotatable bonds is 5. The fourth-order valence-electron chi connectivity index (χ4n) is 1.20. The van der Waals surface area contributed by atoms with Crippen LogP contribution in [0.3, 0.4) is 0 Å². The number of ether oxygens (including phenoxy) is 1.